The zero-order valence-corrected chi connectivity index (χ0v) is 13.3. The van der Waals surface area contributed by atoms with Gasteiger partial charge in [-0.15, -0.1) is 0 Å². The third kappa shape index (κ3) is 2.09. The molecule has 1 aliphatic rings. The average molecular weight is 289 g/mol. The van der Waals surface area contributed by atoms with Gasteiger partial charge in [-0.05, 0) is 33.6 Å². The standard InChI is InChI=1S/C15H23N5O/c1-8(2)20-13(16)12(17-14(20)10-6-7-10)11-9(3)18-19(4)15(11)21-5/h8,10H,6-7,16H2,1-5H3. The summed E-state index contributed by atoms with van der Waals surface area (Å²) < 4.78 is 9.37. The van der Waals surface area contributed by atoms with Crippen LogP contribution in [0.25, 0.3) is 11.3 Å². The maximum absolute atomic E-state index is 6.41. The van der Waals surface area contributed by atoms with E-state index in [-0.39, 0.29) is 0 Å². The van der Waals surface area contributed by atoms with E-state index in [4.69, 9.17) is 15.5 Å². The van der Waals surface area contributed by atoms with Crippen molar-refractivity contribution in [1.82, 2.24) is 19.3 Å². The molecule has 0 aromatic carbocycles. The number of aromatic nitrogens is 4. The number of rotatable bonds is 4. The maximum Gasteiger partial charge on any atom is 0.221 e. The van der Waals surface area contributed by atoms with Crippen LogP contribution in [0, 0.1) is 6.92 Å². The van der Waals surface area contributed by atoms with E-state index in [0.717, 1.165) is 22.8 Å². The molecule has 3 rings (SSSR count). The van der Waals surface area contributed by atoms with Crippen molar-refractivity contribution in [2.45, 2.75) is 45.6 Å². The summed E-state index contributed by atoms with van der Waals surface area (Å²) in [6, 6.07) is 0.296. The van der Waals surface area contributed by atoms with Crippen molar-refractivity contribution in [3.05, 3.63) is 11.5 Å². The van der Waals surface area contributed by atoms with Crippen LogP contribution in [0.15, 0.2) is 0 Å². The van der Waals surface area contributed by atoms with E-state index >= 15 is 0 Å². The van der Waals surface area contributed by atoms with Crippen LogP contribution in [-0.2, 0) is 7.05 Å². The van der Waals surface area contributed by atoms with Gasteiger partial charge in [0.15, 0.2) is 0 Å². The molecular weight excluding hydrogens is 266 g/mol. The third-order valence-electron chi connectivity index (χ3n) is 4.03. The molecule has 2 aromatic heterocycles. The van der Waals surface area contributed by atoms with Gasteiger partial charge in [0.05, 0.1) is 18.4 Å². The molecule has 0 spiro atoms. The van der Waals surface area contributed by atoms with E-state index in [9.17, 15) is 0 Å². The first kappa shape index (κ1) is 14.0. The fourth-order valence-corrected chi connectivity index (χ4v) is 2.96. The number of aryl methyl sites for hydroxylation is 2. The van der Waals surface area contributed by atoms with E-state index in [1.165, 1.54) is 12.8 Å². The summed E-state index contributed by atoms with van der Waals surface area (Å²) in [4.78, 5) is 4.85. The minimum absolute atomic E-state index is 0.296. The number of hydrogen-bond donors (Lipinski definition) is 1. The Balaban J connectivity index is 2.22. The van der Waals surface area contributed by atoms with E-state index in [2.05, 4.69) is 23.5 Å². The molecule has 6 nitrogen and oxygen atoms in total. The topological polar surface area (TPSA) is 70.9 Å². The van der Waals surface area contributed by atoms with Crippen LogP contribution < -0.4 is 10.5 Å². The number of imidazole rings is 1. The summed E-state index contributed by atoms with van der Waals surface area (Å²) in [5.74, 6) is 3.06. The van der Waals surface area contributed by atoms with Gasteiger partial charge in [0.2, 0.25) is 5.88 Å². The van der Waals surface area contributed by atoms with Gasteiger partial charge in [-0.25, -0.2) is 9.67 Å². The van der Waals surface area contributed by atoms with Crippen molar-refractivity contribution in [1.29, 1.82) is 0 Å². The van der Waals surface area contributed by atoms with Crippen LogP contribution in [0.3, 0.4) is 0 Å². The van der Waals surface area contributed by atoms with Crippen LogP contribution >= 0.6 is 0 Å². The molecule has 1 saturated carbocycles. The average Bonchev–Trinajstić information content (AvgIpc) is 3.13. The molecular formula is C15H23N5O. The van der Waals surface area contributed by atoms with Crippen molar-refractivity contribution in [2.75, 3.05) is 12.8 Å². The summed E-state index contributed by atoms with van der Waals surface area (Å²) in [5, 5.41) is 4.43. The van der Waals surface area contributed by atoms with Crippen molar-refractivity contribution < 1.29 is 4.74 Å². The lowest BCUT2D eigenvalue weighted by Gasteiger charge is -2.13. The summed E-state index contributed by atoms with van der Waals surface area (Å²) in [7, 11) is 3.52. The van der Waals surface area contributed by atoms with Gasteiger partial charge in [0.1, 0.15) is 17.3 Å². The molecule has 0 aliphatic heterocycles. The smallest absolute Gasteiger partial charge is 0.221 e. The fraction of sp³-hybridized carbons (Fsp3) is 0.600. The first-order chi connectivity index (χ1) is 9.95. The number of nitrogens with two attached hydrogens (primary N) is 1. The Morgan fingerprint density at radius 1 is 1.33 bits per heavy atom. The molecule has 1 fully saturated rings. The molecule has 0 unspecified atom stereocenters. The van der Waals surface area contributed by atoms with E-state index in [0.29, 0.717) is 23.7 Å². The predicted molar refractivity (Wildman–Crippen MR) is 82.5 cm³/mol. The fourth-order valence-electron chi connectivity index (χ4n) is 2.96. The van der Waals surface area contributed by atoms with Gasteiger partial charge in [-0.3, -0.25) is 0 Å². The molecule has 0 radical (unpaired) electrons. The molecule has 2 heterocycles. The summed E-state index contributed by atoms with van der Waals surface area (Å²) in [6.45, 7) is 6.24. The molecule has 114 valence electrons. The highest BCUT2D eigenvalue weighted by Crippen LogP contribution is 2.45. The number of methoxy groups -OCH3 is 1. The lowest BCUT2D eigenvalue weighted by atomic mass is 10.2. The second-order valence-electron chi connectivity index (χ2n) is 6.04. The number of nitrogen functional groups attached to an aromatic ring is 1. The van der Waals surface area contributed by atoms with Crippen molar-refractivity contribution in [2.24, 2.45) is 7.05 Å². The monoisotopic (exact) mass is 289 g/mol. The Kier molecular flexibility index (Phi) is 3.19. The lowest BCUT2D eigenvalue weighted by molar-refractivity contribution is 0.374. The van der Waals surface area contributed by atoms with Gasteiger partial charge in [0.25, 0.3) is 0 Å². The highest BCUT2D eigenvalue weighted by molar-refractivity contribution is 5.77. The number of ether oxygens (including phenoxy) is 1. The van der Waals surface area contributed by atoms with Crippen LogP contribution in [-0.4, -0.2) is 26.4 Å². The Bertz CT molecular complexity index is 679. The quantitative estimate of drug-likeness (QED) is 0.939. The Morgan fingerprint density at radius 3 is 2.52 bits per heavy atom. The number of anilines is 1. The van der Waals surface area contributed by atoms with E-state index < -0.39 is 0 Å². The largest absolute Gasteiger partial charge is 0.481 e. The highest BCUT2D eigenvalue weighted by atomic mass is 16.5. The van der Waals surface area contributed by atoms with Gasteiger partial charge < -0.3 is 15.0 Å². The molecule has 6 heteroatoms. The Labute approximate surface area is 124 Å². The lowest BCUT2D eigenvalue weighted by Crippen LogP contribution is -2.09. The van der Waals surface area contributed by atoms with Crippen LogP contribution in [0.5, 0.6) is 5.88 Å². The maximum atomic E-state index is 6.41. The van der Waals surface area contributed by atoms with Gasteiger partial charge in [-0.1, -0.05) is 0 Å². The van der Waals surface area contributed by atoms with Crippen LogP contribution in [0.2, 0.25) is 0 Å². The second-order valence-corrected chi connectivity index (χ2v) is 6.04. The minimum Gasteiger partial charge on any atom is -0.481 e. The molecule has 0 amide bonds. The van der Waals surface area contributed by atoms with Gasteiger partial charge in [0, 0.05) is 19.0 Å². The molecule has 1 aliphatic carbocycles. The zero-order valence-electron chi connectivity index (χ0n) is 13.3. The van der Waals surface area contributed by atoms with E-state index in [1.54, 1.807) is 11.8 Å². The molecule has 0 saturated heterocycles. The summed E-state index contributed by atoms with van der Waals surface area (Å²) in [6.07, 6.45) is 2.40. The Hall–Kier alpha value is -1.98. The summed E-state index contributed by atoms with van der Waals surface area (Å²) in [5.41, 5.74) is 9.00. The van der Waals surface area contributed by atoms with Crippen LogP contribution in [0.4, 0.5) is 5.82 Å². The SMILES string of the molecule is COc1c(-c2nc(C3CC3)n(C(C)C)c2N)c(C)nn1C. The van der Waals surface area contributed by atoms with Crippen molar-refractivity contribution in [3.8, 4) is 17.1 Å². The molecule has 0 bridgehead atoms. The van der Waals surface area contributed by atoms with Gasteiger partial charge >= 0.3 is 0 Å². The molecule has 2 N–H and O–H groups in total. The van der Waals surface area contributed by atoms with Crippen molar-refractivity contribution >= 4 is 5.82 Å². The van der Waals surface area contributed by atoms with Gasteiger partial charge in [-0.2, -0.15) is 5.10 Å². The number of hydrogen-bond acceptors (Lipinski definition) is 4. The third-order valence-corrected chi connectivity index (χ3v) is 4.03. The Morgan fingerprint density at radius 2 is 2.00 bits per heavy atom. The van der Waals surface area contributed by atoms with Crippen LogP contribution in [0.1, 0.15) is 50.2 Å². The first-order valence-corrected chi connectivity index (χ1v) is 7.41. The second kappa shape index (κ2) is 4.79. The number of nitrogens with zero attached hydrogens (tertiary/aromatic N) is 4. The van der Waals surface area contributed by atoms with E-state index in [1.807, 2.05) is 14.0 Å². The molecule has 2 aromatic rings. The zero-order chi connectivity index (χ0) is 15.3. The molecule has 21 heavy (non-hydrogen) atoms. The van der Waals surface area contributed by atoms with Crippen molar-refractivity contribution in [3.63, 3.8) is 0 Å². The minimum atomic E-state index is 0.296. The molecule has 0 atom stereocenters. The normalized spacial score (nSPS) is 15.0. The summed E-state index contributed by atoms with van der Waals surface area (Å²) >= 11 is 0. The predicted octanol–water partition coefficient (Wildman–Crippen LogP) is 2.64. The highest BCUT2D eigenvalue weighted by Gasteiger charge is 2.33. The first-order valence-electron chi connectivity index (χ1n) is 7.41.